The standard InChI is InChI=1S/C12H19N3O/c1-4-9(2)11-7-10-5-6-14(3)12(16)8-15(10)13-11/h7,9H,4-6,8H2,1-3H3. The molecule has 0 N–H and O–H groups in total. The van der Waals surface area contributed by atoms with Gasteiger partial charge in [0, 0.05) is 25.7 Å². The largest absolute Gasteiger partial charge is 0.344 e. The van der Waals surface area contributed by atoms with Gasteiger partial charge in [0.2, 0.25) is 5.91 Å². The molecule has 4 nitrogen and oxygen atoms in total. The van der Waals surface area contributed by atoms with Gasteiger partial charge in [-0.2, -0.15) is 5.10 Å². The number of nitrogens with zero attached hydrogens (tertiary/aromatic N) is 3. The number of carbonyl (C=O) groups excluding carboxylic acids is 1. The third kappa shape index (κ3) is 1.96. The summed E-state index contributed by atoms with van der Waals surface area (Å²) in [6.07, 6.45) is 2.00. The van der Waals surface area contributed by atoms with Crippen LogP contribution < -0.4 is 0 Å². The van der Waals surface area contributed by atoms with E-state index < -0.39 is 0 Å². The quantitative estimate of drug-likeness (QED) is 0.757. The first kappa shape index (κ1) is 11.2. The van der Waals surface area contributed by atoms with Crippen LogP contribution >= 0.6 is 0 Å². The number of hydrogen-bond donors (Lipinski definition) is 0. The van der Waals surface area contributed by atoms with Crippen molar-refractivity contribution in [3.8, 4) is 0 Å². The second-order valence-electron chi connectivity index (χ2n) is 4.59. The van der Waals surface area contributed by atoms with Crippen molar-refractivity contribution in [3.05, 3.63) is 17.5 Å². The molecular weight excluding hydrogens is 202 g/mol. The first-order chi connectivity index (χ1) is 7.61. The van der Waals surface area contributed by atoms with Gasteiger partial charge >= 0.3 is 0 Å². The van der Waals surface area contributed by atoms with Gasteiger partial charge in [0.05, 0.1) is 5.69 Å². The van der Waals surface area contributed by atoms with E-state index in [1.54, 1.807) is 4.90 Å². The maximum absolute atomic E-state index is 11.7. The smallest absolute Gasteiger partial charge is 0.244 e. The van der Waals surface area contributed by atoms with E-state index in [0.29, 0.717) is 12.5 Å². The summed E-state index contributed by atoms with van der Waals surface area (Å²) in [5.74, 6) is 0.629. The molecule has 1 aliphatic heterocycles. The van der Waals surface area contributed by atoms with E-state index in [9.17, 15) is 4.79 Å². The van der Waals surface area contributed by atoms with E-state index in [1.807, 2.05) is 11.7 Å². The summed E-state index contributed by atoms with van der Waals surface area (Å²) in [4.78, 5) is 13.5. The molecule has 2 heterocycles. The number of fused-ring (bicyclic) bond motifs is 1. The maximum atomic E-state index is 11.7. The highest BCUT2D eigenvalue weighted by Gasteiger charge is 2.20. The van der Waals surface area contributed by atoms with E-state index in [1.165, 1.54) is 5.69 Å². The molecule has 0 bridgehead atoms. The van der Waals surface area contributed by atoms with E-state index in [2.05, 4.69) is 25.0 Å². The summed E-state index contributed by atoms with van der Waals surface area (Å²) >= 11 is 0. The van der Waals surface area contributed by atoms with Crippen molar-refractivity contribution in [1.29, 1.82) is 0 Å². The molecule has 1 amide bonds. The van der Waals surface area contributed by atoms with E-state index in [0.717, 1.165) is 25.1 Å². The van der Waals surface area contributed by atoms with Crippen molar-refractivity contribution in [2.24, 2.45) is 0 Å². The number of carbonyl (C=O) groups is 1. The molecule has 1 aromatic rings. The molecule has 0 saturated carbocycles. The normalized spacial score (nSPS) is 18.2. The Morgan fingerprint density at radius 2 is 2.31 bits per heavy atom. The first-order valence-corrected chi connectivity index (χ1v) is 5.92. The van der Waals surface area contributed by atoms with Gasteiger partial charge in [0.1, 0.15) is 6.54 Å². The van der Waals surface area contributed by atoms with Gasteiger partial charge in [-0.25, -0.2) is 0 Å². The Labute approximate surface area is 96.2 Å². The monoisotopic (exact) mass is 221 g/mol. The highest BCUT2D eigenvalue weighted by atomic mass is 16.2. The van der Waals surface area contributed by atoms with E-state index in [-0.39, 0.29) is 5.91 Å². The van der Waals surface area contributed by atoms with Crippen molar-refractivity contribution < 1.29 is 4.79 Å². The molecule has 1 atom stereocenters. The highest BCUT2D eigenvalue weighted by molar-refractivity contribution is 5.76. The number of amides is 1. The topological polar surface area (TPSA) is 38.1 Å². The first-order valence-electron chi connectivity index (χ1n) is 5.92. The van der Waals surface area contributed by atoms with Crippen LogP contribution in [-0.2, 0) is 17.8 Å². The zero-order valence-electron chi connectivity index (χ0n) is 10.2. The molecule has 0 fully saturated rings. The van der Waals surface area contributed by atoms with Crippen LogP contribution in [0.4, 0.5) is 0 Å². The minimum absolute atomic E-state index is 0.151. The van der Waals surface area contributed by atoms with Gasteiger partial charge in [-0.05, 0) is 18.4 Å². The zero-order valence-corrected chi connectivity index (χ0v) is 10.2. The van der Waals surface area contributed by atoms with Crippen LogP contribution in [0, 0.1) is 0 Å². The lowest BCUT2D eigenvalue weighted by molar-refractivity contribution is -0.130. The maximum Gasteiger partial charge on any atom is 0.244 e. The Bertz CT molecular complexity index is 397. The molecule has 0 aliphatic carbocycles. The fourth-order valence-corrected chi connectivity index (χ4v) is 1.92. The predicted octanol–water partition coefficient (Wildman–Crippen LogP) is 1.41. The third-order valence-corrected chi connectivity index (χ3v) is 3.41. The van der Waals surface area contributed by atoms with Crippen molar-refractivity contribution >= 4 is 5.91 Å². The van der Waals surface area contributed by atoms with Gasteiger partial charge in [-0.15, -0.1) is 0 Å². The molecule has 2 rings (SSSR count). The predicted molar refractivity (Wildman–Crippen MR) is 62.3 cm³/mol. The van der Waals surface area contributed by atoms with Gasteiger partial charge in [-0.1, -0.05) is 13.8 Å². The Morgan fingerprint density at radius 3 is 3.00 bits per heavy atom. The van der Waals surface area contributed by atoms with E-state index >= 15 is 0 Å². The molecule has 1 unspecified atom stereocenters. The Morgan fingerprint density at radius 1 is 1.56 bits per heavy atom. The lowest BCUT2D eigenvalue weighted by atomic mass is 10.1. The molecule has 16 heavy (non-hydrogen) atoms. The molecule has 0 spiro atoms. The molecule has 1 aliphatic rings. The van der Waals surface area contributed by atoms with E-state index in [4.69, 9.17) is 0 Å². The second kappa shape index (κ2) is 4.28. The number of likely N-dealkylation sites (N-methyl/N-ethyl adjacent to an activating group) is 1. The minimum atomic E-state index is 0.151. The Hall–Kier alpha value is -1.32. The zero-order chi connectivity index (χ0) is 11.7. The fraction of sp³-hybridized carbons (Fsp3) is 0.667. The molecule has 88 valence electrons. The molecule has 4 heteroatoms. The number of rotatable bonds is 2. The van der Waals surface area contributed by atoms with Crippen molar-refractivity contribution in [2.45, 2.75) is 39.2 Å². The summed E-state index contributed by atoms with van der Waals surface area (Å²) < 4.78 is 1.87. The van der Waals surface area contributed by atoms with Crippen molar-refractivity contribution in [1.82, 2.24) is 14.7 Å². The SMILES string of the molecule is CCC(C)c1cc2n(n1)CC(=O)N(C)CC2. The summed E-state index contributed by atoms with van der Waals surface area (Å²) in [7, 11) is 1.85. The Kier molecular flexibility index (Phi) is 2.99. The van der Waals surface area contributed by atoms with Crippen LogP contribution in [0.3, 0.4) is 0 Å². The number of aromatic nitrogens is 2. The average Bonchev–Trinajstić information content (AvgIpc) is 2.62. The van der Waals surface area contributed by atoms with Gasteiger partial charge in [0.15, 0.2) is 0 Å². The Balaban J connectivity index is 2.26. The summed E-state index contributed by atoms with van der Waals surface area (Å²) in [6, 6.07) is 2.15. The molecule has 1 aromatic heterocycles. The van der Waals surface area contributed by atoms with Crippen LogP contribution in [0.15, 0.2) is 6.07 Å². The van der Waals surface area contributed by atoms with Crippen molar-refractivity contribution in [2.75, 3.05) is 13.6 Å². The van der Waals surface area contributed by atoms with Gasteiger partial charge in [0.25, 0.3) is 0 Å². The van der Waals surface area contributed by atoms with Crippen LogP contribution in [-0.4, -0.2) is 34.2 Å². The van der Waals surface area contributed by atoms with Crippen LogP contribution in [0.1, 0.15) is 37.6 Å². The third-order valence-electron chi connectivity index (χ3n) is 3.41. The van der Waals surface area contributed by atoms with Crippen molar-refractivity contribution in [3.63, 3.8) is 0 Å². The summed E-state index contributed by atoms with van der Waals surface area (Å²) in [5.41, 5.74) is 2.31. The van der Waals surface area contributed by atoms with Gasteiger partial charge in [-0.3, -0.25) is 9.48 Å². The van der Waals surface area contributed by atoms with Crippen LogP contribution in [0.5, 0.6) is 0 Å². The second-order valence-corrected chi connectivity index (χ2v) is 4.59. The molecule has 0 aromatic carbocycles. The minimum Gasteiger partial charge on any atom is -0.344 e. The molecule has 0 saturated heterocycles. The fourth-order valence-electron chi connectivity index (χ4n) is 1.92. The summed E-state index contributed by atoms with van der Waals surface area (Å²) in [6.45, 7) is 5.52. The molecule has 0 radical (unpaired) electrons. The number of hydrogen-bond acceptors (Lipinski definition) is 2. The molecular formula is C12H19N3O. The van der Waals surface area contributed by atoms with Gasteiger partial charge < -0.3 is 4.90 Å². The summed E-state index contributed by atoms with van der Waals surface area (Å²) in [5, 5.41) is 4.54. The lowest BCUT2D eigenvalue weighted by Gasteiger charge is -2.12. The van der Waals surface area contributed by atoms with Crippen LogP contribution in [0.2, 0.25) is 0 Å². The highest BCUT2D eigenvalue weighted by Crippen LogP contribution is 2.20. The van der Waals surface area contributed by atoms with Crippen LogP contribution in [0.25, 0.3) is 0 Å². The lowest BCUT2D eigenvalue weighted by Crippen LogP contribution is -2.29. The average molecular weight is 221 g/mol.